The van der Waals surface area contributed by atoms with E-state index in [2.05, 4.69) is 33.6 Å². The third kappa shape index (κ3) is 2.60. The normalized spacial score (nSPS) is 17.8. The molecule has 1 saturated heterocycles. The van der Waals surface area contributed by atoms with Crippen molar-refractivity contribution in [3.05, 3.63) is 21.8 Å². The molecule has 2 rings (SSSR count). The highest BCUT2D eigenvalue weighted by atomic mass is 127. The van der Waals surface area contributed by atoms with Gasteiger partial charge in [-0.3, -0.25) is 0 Å². The van der Waals surface area contributed by atoms with Crippen molar-refractivity contribution in [2.24, 2.45) is 0 Å². The Labute approximate surface area is 110 Å². The summed E-state index contributed by atoms with van der Waals surface area (Å²) in [5, 5.41) is 0. The van der Waals surface area contributed by atoms with E-state index in [1.807, 2.05) is 12.1 Å². The smallest absolute Gasteiger partial charge is 0.0605 e. The lowest BCUT2D eigenvalue weighted by atomic mass is 10.1. The number of nitrogens with two attached hydrogens (primary N) is 1. The summed E-state index contributed by atoms with van der Waals surface area (Å²) >= 11 is 2.35. The zero-order valence-corrected chi connectivity index (χ0v) is 11.6. The molecule has 0 radical (unpaired) electrons. The highest BCUT2D eigenvalue weighted by Crippen LogP contribution is 2.27. The van der Waals surface area contributed by atoms with Crippen molar-refractivity contribution in [2.75, 3.05) is 30.8 Å². The Balaban J connectivity index is 2.08. The lowest BCUT2D eigenvalue weighted by Crippen LogP contribution is -2.37. The van der Waals surface area contributed by atoms with E-state index in [1.165, 1.54) is 9.26 Å². The largest absolute Gasteiger partial charge is 0.399 e. The summed E-state index contributed by atoms with van der Waals surface area (Å²) in [5.41, 5.74) is 7.89. The van der Waals surface area contributed by atoms with Crippen molar-refractivity contribution in [1.82, 2.24) is 0 Å². The van der Waals surface area contributed by atoms with Crippen LogP contribution in [0, 0.1) is 3.57 Å². The van der Waals surface area contributed by atoms with Gasteiger partial charge in [0, 0.05) is 29.5 Å². The SMILES string of the molecule is COC1CCN(c2ccc(N)cc2I)CC1. The average molecular weight is 332 g/mol. The van der Waals surface area contributed by atoms with Crippen LogP contribution in [0.1, 0.15) is 12.8 Å². The van der Waals surface area contributed by atoms with Crippen LogP contribution in [0.4, 0.5) is 11.4 Å². The molecular weight excluding hydrogens is 315 g/mol. The predicted molar refractivity (Wildman–Crippen MR) is 75.8 cm³/mol. The van der Waals surface area contributed by atoms with Crippen molar-refractivity contribution in [2.45, 2.75) is 18.9 Å². The van der Waals surface area contributed by atoms with E-state index < -0.39 is 0 Å². The molecule has 1 aliphatic rings. The number of benzene rings is 1. The molecule has 0 bridgehead atoms. The Kier molecular flexibility index (Phi) is 3.91. The number of hydrogen-bond acceptors (Lipinski definition) is 3. The molecule has 0 unspecified atom stereocenters. The van der Waals surface area contributed by atoms with Crippen LogP contribution in [-0.2, 0) is 4.74 Å². The van der Waals surface area contributed by atoms with Crippen LogP contribution in [0.5, 0.6) is 0 Å². The van der Waals surface area contributed by atoms with E-state index in [-0.39, 0.29) is 0 Å². The minimum absolute atomic E-state index is 0.433. The number of piperidine rings is 1. The van der Waals surface area contributed by atoms with Crippen molar-refractivity contribution >= 4 is 34.0 Å². The third-order valence-corrected chi connectivity index (χ3v) is 3.95. The topological polar surface area (TPSA) is 38.5 Å². The van der Waals surface area contributed by atoms with E-state index in [4.69, 9.17) is 10.5 Å². The molecule has 2 N–H and O–H groups in total. The molecule has 1 heterocycles. The summed E-state index contributed by atoms with van der Waals surface area (Å²) in [6.45, 7) is 2.14. The van der Waals surface area contributed by atoms with Gasteiger partial charge in [-0.15, -0.1) is 0 Å². The predicted octanol–water partition coefficient (Wildman–Crippen LogP) is 2.49. The maximum absolute atomic E-state index is 5.76. The Bertz CT molecular complexity index is 362. The first-order valence-corrected chi connectivity index (χ1v) is 6.61. The van der Waals surface area contributed by atoms with Gasteiger partial charge in [-0.2, -0.15) is 0 Å². The van der Waals surface area contributed by atoms with Crippen LogP contribution in [-0.4, -0.2) is 26.3 Å². The van der Waals surface area contributed by atoms with Gasteiger partial charge in [-0.05, 0) is 53.6 Å². The molecule has 3 nitrogen and oxygen atoms in total. The van der Waals surface area contributed by atoms with Crippen LogP contribution in [0.15, 0.2) is 18.2 Å². The van der Waals surface area contributed by atoms with Gasteiger partial charge in [0.1, 0.15) is 0 Å². The molecule has 0 aromatic heterocycles. The summed E-state index contributed by atoms with van der Waals surface area (Å²) in [6, 6.07) is 6.11. The molecular formula is C12H17IN2O. The number of rotatable bonds is 2. The van der Waals surface area contributed by atoms with Gasteiger partial charge in [0.15, 0.2) is 0 Å². The standard InChI is InChI=1S/C12H17IN2O/c1-16-10-4-6-15(7-5-10)12-3-2-9(14)8-11(12)13/h2-3,8,10H,4-7,14H2,1H3. The number of nitrogen functional groups attached to an aromatic ring is 1. The lowest BCUT2D eigenvalue weighted by Gasteiger charge is -2.33. The molecule has 1 aliphatic heterocycles. The quantitative estimate of drug-likeness (QED) is 0.668. The number of anilines is 2. The minimum Gasteiger partial charge on any atom is -0.399 e. The van der Waals surface area contributed by atoms with Crippen LogP contribution in [0.25, 0.3) is 0 Å². The Hall–Kier alpha value is -0.490. The van der Waals surface area contributed by atoms with Crippen LogP contribution in [0.3, 0.4) is 0 Å². The summed E-state index contributed by atoms with van der Waals surface area (Å²) in [4.78, 5) is 2.41. The van der Waals surface area contributed by atoms with Crippen LogP contribution in [0.2, 0.25) is 0 Å². The van der Waals surface area contributed by atoms with Crippen molar-refractivity contribution in [1.29, 1.82) is 0 Å². The molecule has 4 heteroatoms. The van der Waals surface area contributed by atoms with Crippen LogP contribution < -0.4 is 10.6 Å². The number of methoxy groups -OCH3 is 1. The fourth-order valence-corrected chi connectivity index (χ4v) is 2.99. The molecule has 88 valence electrons. The number of ether oxygens (including phenoxy) is 1. The number of nitrogens with zero attached hydrogens (tertiary/aromatic N) is 1. The molecule has 1 aromatic carbocycles. The first-order valence-electron chi connectivity index (χ1n) is 5.53. The summed E-state index contributed by atoms with van der Waals surface area (Å²) in [7, 11) is 1.80. The molecule has 0 saturated carbocycles. The Morgan fingerprint density at radius 1 is 1.38 bits per heavy atom. The highest BCUT2D eigenvalue weighted by molar-refractivity contribution is 14.1. The van der Waals surface area contributed by atoms with Gasteiger partial charge in [0.25, 0.3) is 0 Å². The second-order valence-electron chi connectivity index (χ2n) is 4.13. The first kappa shape index (κ1) is 12.0. The molecule has 0 atom stereocenters. The molecule has 1 aromatic rings. The van der Waals surface area contributed by atoms with Gasteiger partial charge >= 0.3 is 0 Å². The van der Waals surface area contributed by atoms with Crippen molar-refractivity contribution in [3.8, 4) is 0 Å². The molecule has 0 amide bonds. The van der Waals surface area contributed by atoms with Gasteiger partial charge in [-0.25, -0.2) is 0 Å². The van der Waals surface area contributed by atoms with Gasteiger partial charge in [0.2, 0.25) is 0 Å². The molecule has 1 fully saturated rings. The second kappa shape index (κ2) is 5.23. The maximum atomic E-state index is 5.76. The van der Waals surface area contributed by atoms with E-state index in [0.29, 0.717) is 6.10 Å². The highest BCUT2D eigenvalue weighted by Gasteiger charge is 2.20. The van der Waals surface area contributed by atoms with E-state index in [0.717, 1.165) is 31.6 Å². The van der Waals surface area contributed by atoms with Gasteiger partial charge in [-0.1, -0.05) is 0 Å². The minimum atomic E-state index is 0.433. The van der Waals surface area contributed by atoms with Crippen molar-refractivity contribution in [3.63, 3.8) is 0 Å². The monoisotopic (exact) mass is 332 g/mol. The van der Waals surface area contributed by atoms with Gasteiger partial charge < -0.3 is 15.4 Å². The summed E-state index contributed by atoms with van der Waals surface area (Å²) in [6.07, 6.45) is 2.65. The lowest BCUT2D eigenvalue weighted by molar-refractivity contribution is 0.0819. The second-order valence-corrected chi connectivity index (χ2v) is 5.30. The molecule has 0 spiro atoms. The first-order chi connectivity index (χ1) is 7.70. The van der Waals surface area contributed by atoms with E-state index >= 15 is 0 Å². The Morgan fingerprint density at radius 3 is 2.62 bits per heavy atom. The summed E-state index contributed by atoms with van der Waals surface area (Å²) < 4.78 is 6.61. The van der Waals surface area contributed by atoms with Crippen LogP contribution >= 0.6 is 22.6 Å². The Morgan fingerprint density at radius 2 is 2.06 bits per heavy atom. The maximum Gasteiger partial charge on any atom is 0.0605 e. The molecule has 16 heavy (non-hydrogen) atoms. The van der Waals surface area contributed by atoms with Gasteiger partial charge in [0.05, 0.1) is 11.8 Å². The third-order valence-electron chi connectivity index (χ3n) is 3.09. The van der Waals surface area contributed by atoms with E-state index in [9.17, 15) is 0 Å². The summed E-state index contributed by atoms with van der Waals surface area (Å²) in [5.74, 6) is 0. The zero-order valence-electron chi connectivity index (χ0n) is 9.45. The fourth-order valence-electron chi connectivity index (χ4n) is 2.11. The number of hydrogen-bond donors (Lipinski definition) is 1. The molecule has 0 aliphatic carbocycles. The average Bonchev–Trinajstić information content (AvgIpc) is 2.29. The zero-order chi connectivity index (χ0) is 11.5. The van der Waals surface area contributed by atoms with E-state index in [1.54, 1.807) is 7.11 Å². The number of halogens is 1. The fraction of sp³-hybridized carbons (Fsp3) is 0.500. The van der Waals surface area contributed by atoms with Crippen molar-refractivity contribution < 1.29 is 4.74 Å².